The first-order valence-electron chi connectivity index (χ1n) is 6.19. The second-order valence-corrected chi connectivity index (χ2v) is 6.84. The molecule has 2 N–H and O–H groups in total. The maximum atomic E-state index is 11.8. The summed E-state index contributed by atoms with van der Waals surface area (Å²) in [6.45, 7) is 2.16. The molecule has 9 heteroatoms. The van der Waals surface area contributed by atoms with Crippen LogP contribution >= 0.6 is 0 Å². The fraction of sp³-hybridized carbons (Fsp3) is 0.727. The van der Waals surface area contributed by atoms with Crippen molar-refractivity contribution in [2.75, 3.05) is 24.6 Å². The first-order valence-corrected chi connectivity index (χ1v) is 8.01. The lowest BCUT2D eigenvalue weighted by atomic mass is 10.3. The molecule has 0 spiro atoms. The zero-order chi connectivity index (χ0) is 15.3. The summed E-state index contributed by atoms with van der Waals surface area (Å²) in [7, 11) is -3.89. The number of aliphatic carboxylic acids is 1. The molecule has 2 amide bonds. The Labute approximate surface area is 117 Å². The molecule has 0 unspecified atom stereocenters. The second-order valence-electron chi connectivity index (χ2n) is 4.73. The van der Waals surface area contributed by atoms with Crippen molar-refractivity contribution in [3.8, 4) is 0 Å². The van der Waals surface area contributed by atoms with Crippen LogP contribution in [0.15, 0.2) is 0 Å². The van der Waals surface area contributed by atoms with Gasteiger partial charge in [-0.2, -0.15) is 0 Å². The minimum Gasteiger partial charge on any atom is -0.480 e. The quantitative estimate of drug-likeness (QED) is 0.623. The Bertz CT molecular complexity index is 495. The molecule has 1 heterocycles. The molecule has 20 heavy (non-hydrogen) atoms. The van der Waals surface area contributed by atoms with Gasteiger partial charge >= 0.3 is 5.97 Å². The molecular weight excluding hydrogens is 288 g/mol. The summed E-state index contributed by atoms with van der Waals surface area (Å²) in [5, 5.41) is 10.9. The molecular formula is C11H18N2O6S. The molecule has 0 radical (unpaired) electrons. The standard InChI is InChI=1S/C11H18N2O6S/c1-8(14)12-9(11(16)17)6-20(18,19)7-10(15)13-4-2-3-5-13/h9H,2-7H2,1H3,(H,12,14)(H,16,17)/t9-/m0/s1. The highest BCUT2D eigenvalue weighted by atomic mass is 32.2. The highest BCUT2D eigenvalue weighted by Crippen LogP contribution is 2.09. The van der Waals surface area contributed by atoms with Crippen molar-refractivity contribution in [3.63, 3.8) is 0 Å². The smallest absolute Gasteiger partial charge is 0.327 e. The van der Waals surface area contributed by atoms with E-state index in [4.69, 9.17) is 5.11 Å². The van der Waals surface area contributed by atoms with Gasteiger partial charge in [-0.25, -0.2) is 13.2 Å². The molecule has 1 fully saturated rings. The van der Waals surface area contributed by atoms with Crippen LogP contribution < -0.4 is 5.32 Å². The Morgan fingerprint density at radius 1 is 1.25 bits per heavy atom. The van der Waals surface area contributed by atoms with Gasteiger partial charge in [0.25, 0.3) is 0 Å². The number of carboxylic acids is 1. The lowest BCUT2D eigenvalue weighted by molar-refractivity contribution is -0.140. The third-order valence-corrected chi connectivity index (χ3v) is 4.43. The van der Waals surface area contributed by atoms with Gasteiger partial charge < -0.3 is 15.3 Å². The minimum atomic E-state index is -3.89. The van der Waals surface area contributed by atoms with E-state index in [-0.39, 0.29) is 0 Å². The van der Waals surface area contributed by atoms with Gasteiger partial charge in [0.15, 0.2) is 9.84 Å². The second kappa shape index (κ2) is 6.69. The van der Waals surface area contributed by atoms with E-state index in [2.05, 4.69) is 0 Å². The van der Waals surface area contributed by atoms with Crippen LogP contribution in [0.4, 0.5) is 0 Å². The van der Waals surface area contributed by atoms with E-state index < -0.39 is 45.2 Å². The average molecular weight is 306 g/mol. The molecule has 1 atom stereocenters. The van der Waals surface area contributed by atoms with Crippen molar-refractivity contribution in [2.45, 2.75) is 25.8 Å². The van der Waals surface area contributed by atoms with Crippen LogP contribution in [-0.4, -0.2) is 66.8 Å². The fourth-order valence-electron chi connectivity index (χ4n) is 1.98. The zero-order valence-corrected chi connectivity index (χ0v) is 12.0. The molecule has 0 aromatic heterocycles. The summed E-state index contributed by atoms with van der Waals surface area (Å²) in [5.74, 6) is -4.12. The molecule has 0 aromatic rings. The molecule has 0 aliphatic carbocycles. The molecule has 0 bridgehead atoms. The van der Waals surface area contributed by atoms with E-state index in [0.717, 1.165) is 19.8 Å². The first-order chi connectivity index (χ1) is 9.21. The number of rotatable bonds is 6. The fourth-order valence-corrected chi connectivity index (χ4v) is 3.39. The largest absolute Gasteiger partial charge is 0.480 e. The minimum absolute atomic E-state index is 0.519. The van der Waals surface area contributed by atoms with E-state index in [1.165, 1.54) is 4.90 Å². The van der Waals surface area contributed by atoms with Gasteiger partial charge in [0, 0.05) is 20.0 Å². The van der Waals surface area contributed by atoms with E-state index in [1.807, 2.05) is 5.32 Å². The van der Waals surface area contributed by atoms with Gasteiger partial charge in [-0.15, -0.1) is 0 Å². The SMILES string of the molecule is CC(=O)N[C@@H](CS(=O)(=O)CC(=O)N1CCCC1)C(=O)O. The van der Waals surface area contributed by atoms with Crippen LogP contribution in [0.2, 0.25) is 0 Å². The van der Waals surface area contributed by atoms with Gasteiger partial charge in [0.05, 0.1) is 5.75 Å². The molecule has 1 aliphatic heterocycles. The number of carbonyl (C=O) groups excluding carboxylic acids is 2. The highest BCUT2D eigenvalue weighted by Gasteiger charge is 2.29. The average Bonchev–Trinajstić information content (AvgIpc) is 2.79. The van der Waals surface area contributed by atoms with Crippen molar-refractivity contribution < 1.29 is 27.9 Å². The molecule has 114 valence electrons. The molecule has 0 aromatic carbocycles. The Morgan fingerprint density at radius 3 is 2.25 bits per heavy atom. The Balaban J connectivity index is 2.64. The van der Waals surface area contributed by atoms with Crippen LogP contribution in [0.3, 0.4) is 0 Å². The Kier molecular flexibility index (Phi) is 5.49. The summed E-state index contributed by atoms with van der Waals surface area (Å²) >= 11 is 0. The topological polar surface area (TPSA) is 121 Å². The third-order valence-electron chi connectivity index (χ3n) is 2.90. The summed E-state index contributed by atoms with van der Waals surface area (Å²) < 4.78 is 23.7. The van der Waals surface area contributed by atoms with Crippen molar-refractivity contribution in [1.29, 1.82) is 0 Å². The third kappa shape index (κ3) is 5.16. The maximum Gasteiger partial charge on any atom is 0.327 e. The van der Waals surface area contributed by atoms with Crippen LogP contribution in [0, 0.1) is 0 Å². The zero-order valence-electron chi connectivity index (χ0n) is 11.2. The van der Waals surface area contributed by atoms with Crippen LogP contribution in [0.25, 0.3) is 0 Å². The van der Waals surface area contributed by atoms with Crippen molar-refractivity contribution in [2.24, 2.45) is 0 Å². The number of carboxylic acid groups (broad SMARTS) is 1. The van der Waals surface area contributed by atoms with E-state index in [0.29, 0.717) is 13.1 Å². The number of likely N-dealkylation sites (tertiary alicyclic amines) is 1. The lowest BCUT2D eigenvalue weighted by Crippen LogP contribution is -2.46. The van der Waals surface area contributed by atoms with Gasteiger partial charge in [-0.1, -0.05) is 0 Å². The molecule has 8 nitrogen and oxygen atoms in total. The molecule has 1 rings (SSSR count). The normalized spacial score (nSPS) is 16.8. The van der Waals surface area contributed by atoms with Crippen LogP contribution in [0.5, 0.6) is 0 Å². The van der Waals surface area contributed by atoms with Gasteiger partial charge in [0.1, 0.15) is 11.8 Å². The Morgan fingerprint density at radius 2 is 1.80 bits per heavy atom. The summed E-state index contributed by atoms with van der Waals surface area (Å²) in [4.78, 5) is 34.9. The summed E-state index contributed by atoms with van der Waals surface area (Å²) in [6, 6.07) is -1.54. The number of hydrogen-bond donors (Lipinski definition) is 2. The van der Waals surface area contributed by atoms with E-state index >= 15 is 0 Å². The maximum absolute atomic E-state index is 11.8. The number of nitrogens with one attached hydrogen (secondary N) is 1. The molecule has 1 saturated heterocycles. The summed E-state index contributed by atoms with van der Waals surface area (Å²) in [5.41, 5.74) is 0. The summed E-state index contributed by atoms with van der Waals surface area (Å²) in [6.07, 6.45) is 1.69. The number of amides is 2. The Hall–Kier alpha value is -1.64. The first kappa shape index (κ1) is 16.4. The van der Waals surface area contributed by atoms with Crippen molar-refractivity contribution in [3.05, 3.63) is 0 Å². The predicted octanol–water partition coefficient (Wildman–Crippen LogP) is -1.39. The van der Waals surface area contributed by atoms with E-state index in [1.54, 1.807) is 0 Å². The van der Waals surface area contributed by atoms with Crippen LogP contribution in [0.1, 0.15) is 19.8 Å². The van der Waals surface area contributed by atoms with Crippen molar-refractivity contribution in [1.82, 2.24) is 10.2 Å². The lowest BCUT2D eigenvalue weighted by Gasteiger charge is -2.17. The van der Waals surface area contributed by atoms with E-state index in [9.17, 15) is 22.8 Å². The predicted molar refractivity (Wildman–Crippen MR) is 69.7 cm³/mol. The number of sulfone groups is 1. The molecule has 1 aliphatic rings. The highest BCUT2D eigenvalue weighted by molar-refractivity contribution is 7.92. The van der Waals surface area contributed by atoms with Crippen molar-refractivity contribution >= 4 is 27.6 Å². The number of hydrogen-bond acceptors (Lipinski definition) is 5. The van der Waals surface area contributed by atoms with Gasteiger partial charge in [0.2, 0.25) is 11.8 Å². The van der Waals surface area contributed by atoms with Gasteiger partial charge in [-0.05, 0) is 12.8 Å². The van der Waals surface area contributed by atoms with Crippen LogP contribution in [-0.2, 0) is 24.2 Å². The molecule has 0 saturated carbocycles. The number of nitrogens with zero attached hydrogens (tertiary/aromatic N) is 1. The number of carbonyl (C=O) groups is 3. The monoisotopic (exact) mass is 306 g/mol. The van der Waals surface area contributed by atoms with Gasteiger partial charge in [-0.3, -0.25) is 9.59 Å².